The van der Waals surface area contributed by atoms with Crippen LogP contribution in [0, 0.1) is 11.6 Å². The average Bonchev–Trinajstić information content (AvgIpc) is 0.823. The Hall–Kier alpha value is -9.23. The van der Waals surface area contributed by atoms with Gasteiger partial charge < -0.3 is 25.2 Å². The summed E-state index contributed by atoms with van der Waals surface area (Å²) in [5.74, 6) is -7.32. The van der Waals surface area contributed by atoms with Crippen LogP contribution in [-0.4, -0.2) is 201 Å². The Balaban J connectivity index is 0.000000404. The van der Waals surface area contributed by atoms with Gasteiger partial charge in [0.2, 0.25) is 17.7 Å². The number of para-hydroxylation sites is 1. The van der Waals surface area contributed by atoms with Crippen LogP contribution in [0.25, 0.3) is 22.4 Å². The summed E-state index contributed by atoms with van der Waals surface area (Å²) in [6.07, 6.45) is -9.40. The number of amidine groups is 2. The van der Waals surface area contributed by atoms with E-state index in [0.29, 0.717) is 36.0 Å². The van der Waals surface area contributed by atoms with Crippen molar-refractivity contribution in [3.05, 3.63) is 135 Å². The third-order valence-electron chi connectivity index (χ3n) is 13.8. The number of alkyl halides is 6. The van der Waals surface area contributed by atoms with Crippen LogP contribution in [-0.2, 0) is 64.7 Å². The van der Waals surface area contributed by atoms with E-state index < -0.39 is 143 Å². The summed E-state index contributed by atoms with van der Waals surface area (Å²) in [5.41, 5.74) is -9.56. The first kappa shape index (κ1) is 94.0. The molecule has 8 rings (SSSR count). The predicted octanol–water partition coefficient (Wildman–Crippen LogP) is 9.38. The standard InChI is InChI=1S/C22H20ClF4N5O6S.C21H17ClF4N4O7S.C9H11N4O.C8H19N.C2H7N.F5P/c1-4-38-18(35)9-31-19(36)14(7-16(33)28-2)39-20(31)29-12-6-13(11(24)5-10(12)23)32-17(34)8-15(22(25,26)27)30(3)21(32)37;1-3-37-17(34)8-29-18(35)13(6-16(32)33)38-19(29)27-11-5-12(10(23)4-9(11)22)30-15(31)7-14(21(24,25)26)28(2)20(30)36;1-12(2)7-14-13-9-6-4-3-5-8(9)10-11-13;1-6-9(7(2)3)8(4)5;1-3-2;1-6(2,3,4)5/h5-6,8,14H,4,7,9H2,1-3H3,(H,28,33);4-5,7,13H,3,6,8H2,1-2H3,(H,32,33);3-7H,1-2H3;7-8H,6H2,1-5H3;3H,1-2H3;/q;;+1;;;. The van der Waals surface area contributed by atoms with E-state index >= 15 is 0 Å². The minimum atomic E-state index is -8.55. The summed E-state index contributed by atoms with van der Waals surface area (Å²) in [7, 11) is 1.82. The summed E-state index contributed by atoms with van der Waals surface area (Å²) in [4.78, 5) is 142. The fourth-order valence-corrected chi connectivity index (χ4v) is 11.9. The quantitative estimate of drug-likeness (QED) is 0.0170. The number of amides is 3. The molecule has 0 saturated carbocycles. The monoisotopic (exact) mass is 1660 g/mol. The number of carboxylic acids is 1. The third kappa shape index (κ3) is 28.0. The molecular formula is C62H74Cl2F13N15O14PS2+. The van der Waals surface area contributed by atoms with E-state index in [0.717, 1.165) is 65.4 Å². The number of carboxylic acid groups (broad SMARTS) is 1. The molecule has 2 aliphatic heterocycles. The topological polar surface area (TPSA) is 331 Å². The fraction of sp³-hybridized carbons (Fsp3) is 0.435. The van der Waals surface area contributed by atoms with Crippen LogP contribution >= 0.6 is 54.9 Å². The SMILES string of the molecule is CCN(C(C)C)C(C)C.CCOC(=O)CN1C(=O)C(CC(=O)NC)SC1=Nc1cc(-n2c(=O)cc(C(F)(F)F)n(C)c2=O)c(F)cc1Cl.CCOC(=O)CN1C(=O)C(CC(=O)O)SC1=Nc1cc(-n2c(=O)cc(C(F)(F)F)n(C)c2=O)c(F)cc1Cl.CNC.C[N+](C)=COn1nnc2ccccc21.FP(F)(F)(F)F. The van der Waals surface area contributed by atoms with E-state index in [9.17, 15) is 104 Å². The van der Waals surface area contributed by atoms with Gasteiger partial charge in [0.25, 0.3) is 11.1 Å². The molecule has 0 spiro atoms. The van der Waals surface area contributed by atoms with E-state index in [4.69, 9.17) is 42.6 Å². The Morgan fingerprint density at radius 2 is 1.06 bits per heavy atom. The van der Waals surface area contributed by atoms with Crippen molar-refractivity contribution >= 4 is 130 Å². The van der Waals surface area contributed by atoms with E-state index in [2.05, 4.69) is 70.4 Å². The van der Waals surface area contributed by atoms with Crippen molar-refractivity contribution in [1.29, 1.82) is 0 Å². The van der Waals surface area contributed by atoms with Crippen molar-refractivity contribution < 1.29 is 109 Å². The number of fused-ring (bicyclic) bond motifs is 1. The number of aliphatic imine (C=N–C) groups is 2. The van der Waals surface area contributed by atoms with Gasteiger partial charge in [0, 0.05) is 51.8 Å². The normalized spacial score (nSPS) is 15.3. The molecule has 0 bridgehead atoms. The van der Waals surface area contributed by atoms with Crippen LogP contribution in [0.15, 0.2) is 89.8 Å². The van der Waals surface area contributed by atoms with Crippen LogP contribution in [0.1, 0.15) is 72.7 Å². The number of halogens is 15. The molecule has 3 aromatic heterocycles. The molecule has 3 amide bonds. The van der Waals surface area contributed by atoms with Crippen LogP contribution in [0.3, 0.4) is 0 Å². The Labute approximate surface area is 629 Å². The van der Waals surface area contributed by atoms with Gasteiger partial charge in [0.15, 0.2) is 10.3 Å². The van der Waals surface area contributed by atoms with E-state index in [-0.39, 0.29) is 81.8 Å². The number of aromatic nitrogens is 7. The second-order valence-electron chi connectivity index (χ2n) is 22.8. The third-order valence-corrected chi connectivity index (χ3v) is 16.7. The van der Waals surface area contributed by atoms with E-state index in [1.165, 1.54) is 18.8 Å². The molecule has 0 aliphatic carbocycles. The van der Waals surface area contributed by atoms with Crippen LogP contribution in [0.2, 0.25) is 10.0 Å². The number of carbonyl (C=O) groups excluding carboxylic acids is 5. The predicted molar refractivity (Wildman–Crippen MR) is 381 cm³/mol. The molecular weight excluding hydrogens is 1590 g/mol. The van der Waals surface area contributed by atoms with Crippen LogP contribution in [0.4, 0.5) is 67.5 Å². The Bertz CT molecular complexity index is 4620. The molecule has 2 aliphatic rings. The maximum absolute atomic E-state index is 14.9. The molecule has 2 unspecified atom stereocenters. The van der Waals surface area contributed by atoms with Gasteiger partial charge in [0.05, 0.1) is 52.4 Å². The second-order valence-corrected chi connectivity index (χ2v) is 27.2. The zero-order valence-corrected chi connectivity index (χ0v) is 64.2. The van der Waals surface area contributed by atoms with Crippen molar-refractivity contribution in [3.8, 4) is 11.4 Å². The van der Waals surface area contributed by atoms with Gasteiger partial charge in [-0.15, -0.1) is 5.10 Å². The van der Waals surface area contributed by atoms with Gasteiger partial charge in [-0.1, -0.05) is 70.6 Å². The number of thioether (sulfide) groups is 2. The minimum absolute atomic E-state index is 0.0109. The maximum atomic E-state index is 14.9. The number of nitrogens with zero attached hydrogens (tertiary/aromatic N) is 13. The fourth-order valence-electron chi connectivity index (χ4n) is 9.24. The molecule has 0 radical (unpaired) electrons. The summed E-state index contributed by atoms with van der Waals surface area (Å²) < 4.78 is 170. The average molecular weight is 1670 g/mol. The van der Waals surface area contributed by atoms with Gasteiger partial charge in [-0.3, -0.25) is 67.0 Å². The number of hydrogen-bond donors (Lipinski definition) is 3. The van der Waals surface area contributed by atoms with Gasteiger partial charge in [-0.25, -0.2) is 42.1 Å². The molecule has 29 nitrogen and oxygen atoms in total. The molecule has 47 heteroatoms. The van der Waals surface area contributed by atoms with Crippen LogP contribution in [0.5, 0.6) is 0 Å². The zero-order chi connectivity index (χ0) is 83.3. The summed E-state index contributed by atoms with van der Waals surface area (Å²) in [5, 5.41) is 18.8. The van der Waals surface area contributed by atoms with Crippen molar-refractivity contribution in [1.82, 2.24) is 58.8 Å². The molecule has 6 aromatic rings. The van der Waals surface area contributed by atoms with Crippen molar-refractivity contribution in [2.45, 2.75) is 96.2 Å². The molecule has 2 atom stereocenters. The number of ether oxygens (including phenoxy) is 2. The summed E-state index contributed by atoms with van der Waals surface area (Å²) in [6.45, 7) is 14.2. The Morgan fingerprint density at radius 1 is 0.679 bits per heavy atom. The number of benzene rings is 3. The number of rotatable bonds is 19. The molecule has 5 heterocycles. The molecule has 2 saturated heterocycles. The summed E-state index contributed by atoms with van der Waals surface area (Å²) in [6, 6.07) is 12.2. The van der Waals surface area contributed by atoms with E-state index in [1.807, 2.05) is 52.5 Å². The Kier molecular flexibility index (Phi) is 34.9. The molecule has 2 fully saturated rings. The first-order chi connectivity index (χ1) is 50.3. The number of hydrogen-bond acceptors (Lipinski definition) is 21. The first-order valence-electron chi connectivity index (χ1n) is 31.4. The summed E-state index contributed by atoms with van der Waals surface area (Å²) >= 11 is 13.6. The van der Waals surface area contributed by atoms with Gasteiger partial charge in [-0.05, 0) is 104 Å². The molecule has 109 heavy (non-hydrogen) atoms. The van der Waals surface area contributed by atoms with Crippen LogP contribution < -0.4 is 38.0 Å². The van der Waals surface area contributed by atoms with Gasteiger partial charge >= 0.3 is 77.2 Å². The zero-order valence-electron chi connectivity index (χ0n) is 60.1. The molecule has 3 aromatic carbocycles. The Morgan fingerprint density at radius 3 is 1.39 bits per heavy atom. The van der Waals surface area contributed by atoms with Gasteiger partial charge in [-0.2, -0.15) is 26.3 Å². The number of nitrogens with one attached hydrogen (secondary N) is 2. The van der Waals surface area contributed by atoms with Crippen molar-refractivity contribution in [2.75, 3.05) is 68.1 Å². The van der Waals surface area contributed by atoms with Crippen molar-refractivity contribution in [3.63, 3.8) is 0 Å². The van der Waals surface area contributed by atoms with Crippen molar-refractivity contribution in [2.24, 2.45) is 24.1 Å². The number of aliphatic carboxylic acids is 1. The molecule has 602 valence electrons. The number of esters is 2. The molecule has 3 N–H and O–H groups in total. The first-order valence-corrected chi connectivity index (χ1v) is 35.7. The van der Waals surface area contributed by atoms with E-state index in [1.54, 1.807) is 17.9 Å². The van der Waals surface area contributed by atoms with Gasteiger partial charge in [0.1, 0.15) is 71.7 Å². The number of carbonyl (C=O) groups is 6. The second kappa shape index (κ2) is 40.5.